The molecule has 1 atom stereocenters. The average Bonchev–Trinajstić information content (AvgIpc) is 3.83. The summed E-state index contributed by atoms with van der Waals surface area (Å²) >= 11 is 0. The SMILES string of the molecule is CC1(C)c2ccccc2-c2ccc(C(c3ccccc3)c3cccc4c3-c3cc5ccccc5c(-c5cccc6c5Cc5ccccc5-6)c3C4)cc21. The first-order valence-corrected chi connectivity index (χ1v) is 18.7. The maximum atomic E-state index is 2.53. The van der Waals surface area contributed by atoms with Gasteiger partial charge in [0.1, 0.15) is 0 Å². The van der Waals surface area contributed by atoms with E-state index in [1.807, 2.05) is 0 Å². The molecule has 0 heteroatoms. The molecule has 246 valence electrons. The average molecular weight is 663 g/mol. The van der Waals surface area contributed by atoms with E-state index in [9.17, 15) is 0 Å². The van der Waals surface area contributed by atoms with E-state index in [2.05, 4.69) is 178 Å². The van der Waals surface area contributed by atoms with Crippen LogP contribution in [-0.2, 0) is 18.3 Å². The molecule has 0 aromatic heterocycles. The van der Waals surface area contributed by atoms with Crippen LogP contribution >= 0.6 is 0 Å². The molecule has 0 nitrogen and oxygen atoms in total. The Labute approximate surface area is 306 Å². The number of rotatable bonds is 4. The van der Waals surface area contributed by atoms with E-state index < -0.39 is 0 Å². The van der Waals surface area contributed by atoms with Crippen molar-refractivity contribution in [3.63, 3.8) is 0 Å². The summed E-state index contributed by atoms with van der Waals surface area (Å²) in [7, 11) is 0. The fraction of sp³-hybridized carbons (Fsp3) is 0.115. The molecule has 0 bridgehead atoms. The van der Waals surface area contributed by atoms with Gasteiger partial charge in [0.2, 0.25) is 0 Å². The van der Waals surface area contributed by atoms with Crippen LogP contribution in [0.5, 0.6) is 0 Å². The highest BCUT2D eigenvalue weighted by atomic mass is 14.4. The first-order chi connectivity index (χ1) is 25.6. The quantitative estimate of drug-likeness (QED) is 0.165. The van der Waals surface area contributed by atoms with Gasteiger partial charge in [0.05, 0.1) is 0 Å². The molecular formula is C52H38. The molecule has 8 aromatic rings. The fourth-order valence-electron chi connectivity index (χ4n) is 10.1. The third-order valence-electron chi connectivity index (χ3n) is 12.5. The van der Waals surface area contributed by atoms with Crippen molar-refractivity contribution in [2.45, 2.75) is 38.0 Å². The van der Waals surface area contributed by atoms with E-state index in [1.54, 1.807) is 0 Å². The Morgan fingerprint density at radius 2 is 1.10 bits per heavy atom. The summed E-state index contributed by atoms with van der Waals surface area (Å²) in [6.45, 7) is 4.78. The normalized spacial score (nSPS) is 14.7. The van der Waals surface area contributed by atoms with Crippen LogP contribution in [-0.4, -0.2) is 0 Å². The van der Waals surface area contributed by atoms with E-state index in [-0.39, 0.29) is 11.3 Å². The molecule has 0 aliphatic heterocycles. The Balaban J connectivity index is 1.14. The van der Waals surface area contributed by atoms with Gasteiger partial charge in [0, 0.05) is 11.3 Å². The van der Waals surface area contributed by atoms with Crippen LogP contribution in [0.15, 0.2) is 164 Å². The molecule has 52 heavy (non-hydrogen) atoms. The molecule has 0 spiro atoms. The van der Waals surface area contributed by atoms with E-state index >= 15 is 0 Å². The summed E-state index contributed by atoms with van der Waals surface area (Å²) in [5.41, 5.74) is 23.7. The van der Waals surface area contributed by atoms with Crippen LogP contribution < -0.4 is 0 Å². The van der Waals surface area contributed by atoms with E-state index in [0.717, 1.165) is 12.8 Å². The van der Waals surface area contributed by atoms with Crippen molar-refractivity contribution in [2.75, 3.05) is 0 Å². The van der Waals surface area contributed by atoms with E-state index in [4.69, 9.17) is 0 Å². The molecule has 0 amide bonds. The predicted molar refractivity (Wildman–Crippen MR) is 217 cm³/mol. The van der Waals surface area contributed by atoms with Crippen molar-refractivity contribution in [2.24, 2.45) is 0 Å². The zero-order valence-electron chi connectivity index (χ0n) is 29.6. The highest BCUT2D eigenvalue weighted by molar-refractivity contribution is 6.06. The Hall–Kier alpha value is -5.98. The Morgan fingerprint density at radius 1 is 0.423 bits per heavy atom. The summed E-state index contributed by atoms with van der Waals surface area (Å²) in [5, 5.41) is 2.65. The van der Waals surface area contributed by atoms with Gasteiger partial charge in [-0.25, -0.2) is 0 Å². The lowest BCUT2D eigenvalue weighted by molar-refractivity contribution is 0.659. The van der Waals surface area contributed by atoms with Crippen molar-refractivity contribution in [1.29, 1.82) is 0 Å². The smallest absolute Gasteiger partial charge is 0.0346 e. The first-order valence-electron chi connectivity index (χ1n) is 18.7. The van der Waals surface area contributed by atoms with Crippen LogP contribution in [0, 0.1) is 0 Å². The van der Waals surface area contributed by atoms with Crippen molar-refractivity contribution >= 4 is 10.8 Å². The molecule has 0 fully saturated rings. The van der Waals surface area contributed by atoms with E-state index in [1.165, 1.54) is 105 Å². The number of hydrogen-bond donors (Lipinski definition) is 0. The largest absolute Gasteiger partial charge is 0.0622 e. The van der Waals surface area contributed by atoms with Gasteiger partial charge in [-0.2, -0.15) is 0 Å². The number of benzene rings is 8. The van der Waals surface area contributed by atoms with Crippen LogP contribution in [0.4, 0.5) is 0 Å². The molecule has 0 saturated carbocycles. The Morgan fingerprint density at radius 3 is 2.00 bits per heavy atom. The standard InChI is InChI=1S/C52H38/c1-52(2)47-25-11-10-21-40(47)41-27-26-36(31-48(41)52)49(32-14-4-3-5-15-32)43-24-12-18-35-30-46-45(50(35)43)29-34-17-7-9-20-38(34)51(46)42-23-13-22-39-37-19-8-6-16-33(37)28-44(39)42/h3-27,29,31,49H,28,30H2,1-2H3. The molecule has 0 saturated heterocycles. The molecule has 3 aliphatic carbocycles. The molecule has 0 heterocycles. The third-order valence-corrected chi connectivity index (χ3v) is 12.5. The molecule has 1 unspecified atom stereocenters. The van der Waals surface area contributed by atoms with Gasteiger partial charge >= 0.3 is 0 Å². The molecule has 0 radical (unpaired) electrons. The Bertz CT molecular complexity index is 2760. The summed E-state index contributed by atoms with van der Waals surface area (Å²) < 4.78 is 0. The molecule has 8 aromatic carbocycles. The summed E-state index contributed by atoms with van der Waals surface area (Å²) in [5.74, 6) is 0.0947. The molecule has 0 N–H and O–H groups in total. The summed E-state index contributed by atoms with van der Waals surface area (Å²) in [4.78, 5) is 0. The van der Waals surface area contributed by atoms with Gasteiger partial charge in [-0.3, -0.25) is 0 Å². The van der Waals surface area contributed by atoms with Crippen molar-refractivity contribution in [3.05, 3.63) is 214 Å². The van der Waals surface area contributed by atoms with Crippen LogP contribution in [0.3, 0.4) is 0 Å². The minimum absolute atomic E-state index is 0.0577. The Kier molecular flexibility index (Phi) is 6.29. The molecular weight excluding hydrogens is 625 g/mol. The van der Waals surface area contributed by atoms with E-state index in [0.29, 0.717) is 0 Å². The highest BCUT2D eigenvalue weighted by Crippen LogP contribution is 2.54. The van der Waals surface area contributed by atoms with Crippen molar-refractivity contribution in [3.8, 4) is 44.5 Å². The van der Waals surface area contributed by atoms with Crippen molar-refractivity contribution in [1.82, 2.24) is 0 Å². The maximum Gasteiger partial charge on any atom is 0.0346 e. The van der Waals surface area contributed by atoms with Gasteiger partial charge in [0.15, 0.2) is 0 Å². The lowest BCUT2D eigenvalue weighted by Gasteiger charge is -2.26. The minimum Gasteiger partial charge on any atom is -0.0622 e. The maximum absolute atomic E-state index is 2.53. The topological polar surface area (TPSA) is 0 Å². The van der Waals surface area contributed by atoms with Gasteiger partial charge in [0.25, 0.3) is 0 Å². The van der Waals surface area contributed by atoms with Crippen LogP contribution in [0.25, 0.3) is 55.3 Å². The number of hydrogen-bond acceptors (Lipinski definition) is 0. The number of fused-ring (bicyclic) bond motifs is 10. The predicted octanol–water partition coefficient (Wildman–Crippen LogP) is 13.1. The lowest BCUT2D eigenvalue weighted by Crippen LogP contribution is -2.16. The summed E-state index contributed by atoms with van der Waals surface area (Å²) in [6.07, 6.45) is 1.91. The molecule has 11 rings (SSSR count). The van der Waals surface area contributed by atoms with Gasteiger partial charge in [-0.1, -0.05) is 172 Å². The summed E-state index contributed by atoms with van der Waals surface area (Å²) in [6, 6.07) is 62.1. The first kappa shape index (κ1) is 29.7. The van der Waals surface area contributed by atoms with Gasteiger partial charge in [-0.05, 0) is 124 Å². The molecule has 3 aliphatic rings. The second-order valence-electron chi connectivity index (χ2n) is 15.5. The second-order valence-corrected chi connectivity index (χ2v) is 15.5. The van der Waals surface area contributed by atoms with Crippen molar-refractivity contribution < 1.29 is 0 Å². The lowest BCUT2D eigenvalue weighted by atomic mass is 9.77. The fourth-order valence-corrected chi connectivity index (χ4v) is 10.1. The minimum atomic E-state index is -0.0577. The van der Waals surface area contributed by atoms with Crippen LogP contribution in [0.1, 0.15) is 69.8 Å². The highest BCUT2D eigenvalue weighted by Gasteiger charge is 2.37. The monoisotopic (exact) mass is 662 g/mol. The van der Waals surface area contributed by atoms with Gasteiger partial charge in [-0.15, -0.1) is 0 Å². The van der Waals surface area contributed by atoms with Crippen LogP contribution in [0.2, 0.25) is 0 Å². The zero-order chi connectivity index (χ0) is 34.6. The zero-order valence-corrected chi connectivity index (χ0v) is 29.6. The second kappa shape index (κ2) is 11.0. The third kappa shape index (κ3) is 4.16. The van der Waals surface area contributed by atoms with Gasteiger partial charge < -0.3 is 0 Å².